The van der Waals surface area contributed by atoms with Gasteiger partial charge in [-0.05, 0) is 31.5 Å². The van der Waals surface area contributed by atoms with Crippen molar-refractivity contribution in [2.45, 2.75) is 18.9 Å². The molecule has 0 radical (unpaired) electrons. The highest BCUT2D eigenvalue weighted by Gasteiger charge is 2.19. The van der Waals surface area contributed by atoms with Gasteiger partial charge >= 0.3 is 0 Å². The molecule has 0 spiro atoms. The lowest BCUT2D eigenvalue weighted by Gasteiger charge is -2.09. The van der Waals surface area contributed by atoms with Crippen LogP contribution in [0.2, 0.25) is 0 Å². The normalized spacial score (nSPS) is 18.7. The zero-order valence-electron chi connectivity index (χ0n) is 11.1. The minimum atomic E-state index is 0.306. The fourth-order valence-electron chi connectivity index (χ4n) is 2.88. The highest BCUT2D eigenvalue weighted by molar-refractivity contribution is 5.94. The summed E-state index contributed by atoms with van der Waals surface area (Å²) in [4.78, 5) is 12.5. The Labute approximate surface area is 117 Å². The standard InChI is InChI=1S/C16H16N4/c1-2-5-13-11(4-1)12(10-19-13)14-7-9-18-16(20-14)15-6-3-8-17-15/h1-2,4-5,7,9-10,15,17,19H,3,6,8H2. The average Bonchev–Trinajstić information content (AvgIpc) is 3.17. The topological polar surface area (TPSA) is 53.6 Å². The van der Waals surface area contributed by atoms with E-state index in [1.54, 1.807) is 0 Å². The van der Waals surface area contributed by atoms with E-state index in [0.29, 0.717) is 6.04 Å². The highest BCUT2D eigenvalue weighted by atomic mass is 15.0. The second-order valence-corrected chi connectivity index (χ2v) is 5.20. The number of aromatic amines is 1. The summed E-state index contributed by atoms with van der Waals surface area (Å²) < 4.78 is 0. The summed E-state index contributed by atoms with van der Waals surface area (Å²) in [6.45, 7) is 1.06. The Kier molecular flexibility index (Phi) is 2.74. The van der Waals surface area contributed by atoms with Gasteiger partial charge in [-0.15, -0.1) is 0 Å². The Morgan fingerprint density at radius 2 is 2.10 bits per heavy atom. The molecule has 3 aromatic rings. The summed E-state index contributed by atoms with van der Waals surface area (Å²) in [5.74, 6) is 0.908. The van der Waals surface area contributed by atoms with Crippen molar-refractivity contribution in [1.82, 2.24) is 20.3 Å². The Morgan fingerprint density at radius 1 is 1.15 bits per heavy atom. The maximum Gasteiger partial charge on any atom is 0.145 e. The maximum absolute atomic E-state index is 4.75. The molecule has 2 N–H and O–H groups in total. The number of rotatable bonds is 2. The summed E-state index contributed by atoms with van der Waals surface area (Å²) in [5.41, 5.74) is 3.27. The van der Waals surface area contributed by atoms with Gasteiger partial charge in [0.15, 0.2) is 0 Å². The number of para-hydroxylation sites is 1. The molecule has 20 heavy (non-hydrogen) atoms. The fraction of sp³-hybridized carbons (Fsp3) is 0.250. The predicted molar refractivity (Wildman–Crippen MR) is 79.3 cm³/mol. The van der Waals surface area contributed by atoms with Crippen LogP contribution in [0.15, 0.2) is 42.7 Å². The first-order valence-corrected chi connectivity index (χ1v) is 7.04. The molecule has 100 valence electrons. The molecule has 0 aliphatic carbocycles. The molecule has 1 aliphatic heterocycles. The molecule has 1 unspecified atom stereocenters. The molecule has 0 amide bonds. The maximum atomic E-state index is 4.75. The zero-order chi connectivity index (χ0) is 13.4. The largest absolute Gasteiger partial charge is 0.360 e. The number of nitrogens with one attached hydrogen (secondary N) is 2. The van der Waals surface area contributed by atoms with Gasteiger partial charge in [0.05, 0.1) is 11.7 Å². The van der Waals surface area contributed by atoms with Crippen molar-refractivity contribution in [3.05, 3.63) is 48.5 Å². The Balaban J connectivity index is 1.80. The molecule has 4 heteroatoms. The van der Waals surface area contributed by atoms with Gasteiger partial charge in [-0.2, -0.15) is 0 Å². The number of hydrogen-bond acceptors (Lipinski definition) is 3. The van der Waals surface area contributed by atoms with Crippen LogP contribution >= 0.6 is 0 Å². The van der Waals surface area contributed by atoms with Gasteiger partial charge in [-0.25, -0.2) is 9.97 Å². The van der Waals surface area contributed by atoms with Crippen LogP contribution in [-0.4, -0.2) is 21.5 Å². The molecular weight excluding hydrogens is 248 g/mol. The van der Waals surface area contributed by atoms with Crippen LogP contribution in [0.3, 0.4) is 0 Å². The summed E-state index contributed by atoms with van der Waals surface area (Å²) in [6.07, 6.45) is 6.21. The molecule has 0 saturated carbocycles. The third kappa shape index (κ3) is 1.89. The summed E-state index contributed by atoms with van der Waals surface area (Å²) >= 11 is 0. The smallest absolute Gasteiger partial charge is 0.145 e. The Hall–Kier alpha value is -2.20. The molecule has 4 nitrogen and oxygen atoms in total. The molecule has 1 aromatic carbocycles. The van der Waals surface area contributed by atoms with Crippen molar-refractivity contribution in [3.63, 3.8) is 0 Å². The number of fused-ring (bicyclic) bond motifs is 1. The lowest BCUT2D eigenvalue weighted by atomic mass is 10.1. The molecule has 4 rings (SSSR count). The first kappa shape index (κ1) is 11.6. The van der Waals surface area contributed by atoms with Crippen LogP contribution in [0.25, 0.3) is 22.2 Å². The fourth-order valence-corrected chi connectivity index (χ4v) is 2.88. The summed E-state index contributed by atoms with van der Waals surface area (Å²) in [6, 6.07) is 10.6. The van der Waals surface area contributed by atoms with Crippen molar-refractivity contribution in [3.8, 4) is 11.3 Å². The van der Waals surface area contributed by atoms with E-state index >= 15 is 0 Å². The first-order chi connectivity index (χ1) is 9.92. The highest BCUT2D eigenvalue weighted by Crippen LogP contribution is 2.28. The number of H-pyrrole nitrogens is 1. The number of aromatic nitrogens is 3. The number of nitrogens with zero attached hydrogens (tertiary/aromatic N) is 2. The van der Waals surface area contributed by atoms with Crippen molar-refractivity contribution < 1.29 is 0 Å². The molecule has 1 saturated heterocycles. The van der Waals surface area contributed by atoms with Crippen LogP contribution in [0, 0.1) is 0 Å². The van der Waals surface area contributed by atoms with Crippen molar-refractivity contribution >= 4 is 10.9 Å². The number of benzene rings is 1. The quantitative estimate of drug-likeness (QED) is 0.748. The van der Waals surface area contributed by atoms with Gasteiger partial charge in [-0.3, -0.25) is 0 Å². The van der Waals surface area contributed by atoms with Crippen LogP contribution in [0.5, 0.6) is 0 Å². The van der Waals surface area contributed by atoms with Crippen molar-refractivity contribution in [1.29, 1.82) is 0 Å². The Morgan fingerprint density at radius 3 is 3.00 bits per heavy atom. The van der Waals surface area contributed by atoms with Gasteiger partial charge in [-0.1, -0.05) is 18.2 Å². The second-order valence-electron chi connectivity index (χ2n) is 5.20. The monoisotopic (exact) mass is 264 g/mol. The predicted octanol–water partition coefficient (Wildman–Crippen LogP) is 3.05. The summed E-state index contributed by atoms with van der Waals surface area (Å²) in [7, 11) is 0. The van der Waals surface area contributed by atoms with Crippen LogP contribution < -0.4 is 5.32 Å². The Bertz CT molecular complexity index is 741. The number of hydrogen-bond donors (Lipinski definition) is 2. The van der Waals surface area contributed by atoms with E-state index in [2.05, 4.69) is 33.5 Å². The SMILES string of the molecule is c1ccc2c(-c3ccnc(C4CCCN4)n3)c[nH]c2c1. The van der Waals surface area contributed by atoms with Crippen LogP contribution in [0.4, 0.5) is 0 Å². The summed E-state index contributed by atoms with van der Waals surface area (Å²) in [5, 5.41) is 4.65. The average molecular weight is 264 g/mol. The van der Waals surface area contributed by atoms with Crippen LogP contribution in [-0.2, 0) is 0 Å². The molecule has 1 atom stereocenters. The molecular formula is C16H16N4. The van der Waals surface area contributed by atoms with Gasteiger partial charge in [0.1, 0.15) is 5.82 Å². The molecule has 3 heterocycles. The van der Waals surface area contributed by atoms with E-state index < -0.39 is 0 Å². The molecule has 0 bridgehead atoms. The molecule has 1 aliphatic rings. The van der Waals surface area contributed by atoms with Crippen molar-refractivity contribution in [2.75, 3.05) is 6.54 Å². The first-order valence-electron chi connectivity index (χ1n) is 7.04. The third-order valence-electron chi connectivity index (χ3n) is 3.91. The second kappa shape index (κ2) is 4.72. The molecule has 1 fully saturated rings. The van der Waals surface area contributed by atoms with Crippen LogP contribution in [0.1, 0.15) is 24.7 Å². The van der Waals surface area contributed by atoms with E-state index in [0.717, 1.165) is 35.6 Å². The van der Waals surface area contributed by atoms with Crippen molar-refractivity contribution in [2.24, 2.45) is 0 Å². The van der Waals surface area contributed by atoms with Gasteiger partial charge in [0.2, 0.25) is 0 Å². The van der Waals surface area contributed by atoms with E-state index in [1.165, 1.54) is 11.8 Å². The minimum Gasteiger partial charge on any atom is -0.360 e. The van der Waals surface area contributed by atoms with Gasteiger partial charge < -0.3 is 10.3 Å². The van der Waals surface area contributed by atoms with E-state index in [1.807, 2.05) is 24.5 Å². The van der Waals surface area contributed by atoms with E-state index in [-0.39, 0.29) is 0 Å². The third-order valence-corrected chi connectivity index (χ3v) is 3.91. The zero-order valence-corrected chi connectivity index (χ0v) is 11.1. The van der Waals surface area contributed by atoms with E-state index in [4.69, 9.17) is 4.98 Å². The van der Waals surface area contributed by atoms with Gasteiger partial charge in [0.25, 0.3) is 0 Å². The van der Waals surface area contributed by atoms with E-state index in [9.17, 15) is 0 Å². The van der Waals surface area contributed by atoms with Gasteiger partial charge in [0, 0.05) is 28.9 Å². The minimum absolute atomic E-state index is 0.306. The lowest BCUT2D eigenvalue weighted by Crippen LogP contribution is -2.15. The molecule has 2 aromatic heterocycles. The lowest BCUT2D eigenvalue weighted by molar-refractivity contribution is 0.605.